The Kier molecular flexibility index (Phi) is 6.01. The Morgan fingerprint density at radius 2 is 1.97 bits per heavy atom. The first-order chi connectivity index (χ1) is 14.7. The molecule has 0 fully saturated rings. The second kappa shape index (κ2) is 9.02. The highest BCUT2D eigenvalue weighted by Crippen LogP contribution is 2.48. The average Bonchev–Trinajstić information content (AvgIpc) is 2.76. The standard InChI is InChI=1S/C20H18ClN3O6/c1-26-4-5-27-16-9-14-17(19-18(16)28-6-7-29-19)20(23-10-22-14)30-15-3-2-12(24-11-25)8-13(15)21/h2-3,8-11H,4-7H2,1H3,(H,24,25). The Morgan fingerprint density at radius 1 is 1.13 bits per heavy atom. The Labute approximate surface area is 176 Å². The lowest BCUT2D eigenvalue weighted by atomic mass is 10.1. The Bertz CT molecular complexity index is 1080. The van der Waals surface area contributed by atoms with Crippen LogP contribution < -0.4 is 24.3 Å². The number of amides is 1. The summed E-state index contributed by atoms with van der Waals surface area (Å²) in [6, 6.07) is 6.61. The van der Waals surface area contributed by atoms with Gasteiger partial charge in [0.05, 0.1) is 17.1 Å². The number of aromatic nitrogens is 2. The van der Waals surface area contributed by atoms with Crippen molar-refractivity contribution in [1.29, 1.82) is 0 Å². The molecule has 0 aliphatic carbocycles. The van der Waals surface area contributed by atoms with Crippen molar-refractivity contribution < 1.29 is 28.5 Å². The zero-order valence-corrected chi connectivity index (χ0v) is 16.8. The number of carbonyl (C=O) groups is 1. The van der Waals surface area contributed by atoms with Crippen molar-refractivity contribution >= 4 is 34.6 Å². The van der Waals surface area contributed by atoms with E-state index < -0.39 is 0 Å². The number of hydrogen-bond acceptors (Lipinski definition) is 8. The molecule has 0 radical (unpaired) electrons. The third-order valence-electron chi connectivity index (χ3n) is 4.25. The monoisotopic (exact) mass is 431 g/mol. The molecule has 0 atom stereocenters. The fourth-order valence-electron chi connectivity index (χ4n) is 2.95. The summed E-state index contributed by atoms with van der Waals surface area (Å²) in [6.07, 6.45) is 1.95. The van der Waals surface area contributed by atoms with Crippen LogP contribution >= 0.6 is 11.6 Å². The van der Waals surface area contributed by atoms with Crippen molar-refractivity contribution in [2.24, 2.45) is 0 Å². The number of nitrogens with zero attached hydrogens (tertiary/aromatic N) is 2. The van der Waals surface area contributed by atoms with E-state index in [1.807, 2.05) is 0 Å². The number of fused-ring (bicyclic) bond motifs is 3. The predicted octanol–water partition coefficient (Wildman–Crippen LogP) is 3.44. The van der Waals surface area contributed by atoms with Crippen LogP contribution in [0.25, 0.3) is 10.9 Å². The summed E-state index contributed by atoms with van der Waals surface area (Å²) in [6.45, 7) is 1.53. The summed E-state index contributed by atoms with van der Waals surface area (Å²) in [5.41, 5.74) is 1.11. The van der Waals surface area contributed by atoms with Crippen LogP contribution in [-0.2, 0) is 9.53 Å². The van der Waals surface area contributed by atoms with Crippen LogP contribution in [0.5, 0.6) is 28.9 Å². The first-order valence-corrected chi connectivity index (χ1v) is 9.45. The molecule has 2 aromatic carbocycles. The van der Waals surface area contributed by atoms with E-state index in [-0.39, 0.29) is 5.88 Å². The second-order valence-corrected chi connectivity index (χ2v) is 6.56. The molecule has 4 rings (SSSR count). The molecule has 1 aromatic heterocycles. The van der Waals surface area contributed by atoms with Crippen LogP contribution in [0.3, 0.4) is 0 Å². The minimum Gasteiger partial charge on any atom is -0.487 e. The van der Waals surface area contributed by atoms with Gasteiger partial charge >= 0.3 is 0 Å². The molecular weight excluding hydrogens is 414 g/mol. The largest absolute Gasteiger partial charge is 0.487 e. The maximum absolute atomic E-state index is 10.6. The number of benzene rings is 2. The van der Waals surface area contributed by atoms with Crippen molar-refractivity contribution in [1.82, 2.24) is 9.97 Å². The van der Waals surface area contributed by atoms with Gasteiger partial charge in [-0.3, -0.25) is 4.79 Å². The highest BCUT2D eigenvalue weighted by Gasteiger charge is 2.25. The van der Waals surface area contributed by atoms with E-state index in [1.54, 1.807) is 31.4 Å². The van der Waals surface area contributed by atoms with Gasteiger partial charge in [0, 0.05) is 18.9 Å². The maximum Gasteiger partial charge on any atom is 0.234 e. The molecule has 0 saturated carbocycles. The number of rotatable bonds is 8. The number of hydrogen-bond donors (Lipinski definition) is 1. The van der Waals surface area contributed by atoms with E-state index in [9.17, 15) is 4.79 Å². The molecule has 1 N–H and O–H groups in total. The molecule has 156 valence electrons. The molecule has 0 saturated heterocycles. The molecule has 30 heavy (non-hydrogen) atoms. The van der Waals surface area contributed by atoms with Gasteiger partial charge in [-0.05, 0) is 18.2 Å². The molecule has 0 bridgehead atoms. The molecular formula is C20H18ClN3O6. The molecule has 1 aliphatic rings. The lowest BCUT2D eigenvalue weighted by Crippen LogP contribution is -2.17. The topological polar surface area (TPSA) is 101 Å². The minimum atomic E-state index is 0.253. The molecule has 1 amide bonds. The normalized spacial score (nSPS) is 12.5. The van der Waals surface area contributed by atoms with Crippen LogP contribution in [-0.4, -0.2) is 49.9 Å². The van der Waals surface area contributed by atoms with E-state index in [2.05, 4.69) is 15.3 Å². The van der Waals surface area contributed by atoms with Gasteiger partial charge in [0.2, 0.25) is 18.0 Å². The summed E-state index contributed by atoms with van der Waals surface area (Å²) in [5, 5.41) is 3.38. The fourth-order valence-corrected chi connectivity index (χ4v) is 3.17. The van der Waals surface area contributed by atoms with Crippen molar-refractivity contribution in [3.05, 3.63) is 35.6 Å². The lowest BCUT2D eigenvalue weighted by Gasteiger charge is -2.23. The summed E-state index contributed by atoms with van der Waals surface area (Å²) in [7, 11) is 1.60. The van der Waals surface area contributed by atoms with E-state index in [4.69, 9.17) is 35.3 Å². The van der Waals surface area contributed by atoms with Crippen LogP contribution in [0.15, 0.2) is 30.6 Å². The first kappa shape index (κ1) is 20.0. The number of nitrogens with one attached hydrogen (secondary N) is 1. The second-order valence-electron chi connectivity index (χ2n) is 6.15. The Hall–Kier alpha value is -3.30. The van der Waals surface area contributed by atoms with Gasteiger partial charge in [0.25, 0.3) is 0 Å². The van der Waals surface area contributed by atoms with Crippen molar-refractivity contribution in [3.63, 3.8) is 0 Å². The fraction of sp³-hybridized carbons (Fsp3) is 0.250. The minimum absolute atomic E-state index is 0.253. The number of carbonyl (C=O) groups excluding carboxylic acids is 1. The summed E-state index contributed by atoms with van der Waals surface area (Å²) >= 11 is 6.29. The zero-order valence-electron chi connectivity index (χ0n) is 16.0. The van der Waals surface area contributed by atoms with Gasteiger partial charge in [-0.1, -0.05) is 11.6 Å². The van der Waals surface area contributed by atoms with Crippen LogP contribution in [0.1, 0.15) is 0 Å². The molecule has 9 nitrogen and oxygen atoms in total. The number of methoxy groups -OCH3 is 1. The van der Waals surface area contributed by atoms with E-state index in [0.717, 1.165) is 0 Å². The quantitative estimate of drug-likeness (QED) is 0.427. The van der Waals surface area contributed by atoms with E-state index >= 15 is 0 Å². The predicted molar refractivity (Wildman–Crippen MR) is 109 cm³/mol. The van der Waals surface area contributed by atoms with Gasteiger partial charge in [-0.2, -0.15) is 0 Å². The Morgan fingerprint density at radius 3 is 2.73 bits per heavy atom. The highest BCUT2D eigenvalue weighted by atomic mass is 35.5. The maximum atomic E-state index is 10.6. The van der Waals surface area contributed by atoms with Gasteiger partial charge in [-0.15, -0.1) is 0 Å². The first-order valence-electron chi connectivity index (χ1n) is 9.08. The van der Waals surface area contributed by atoms with E-state index in [0.29, 0.717) is 77.4 Å². The van der Waals surface area contributed by atoms with Crippen LogP contribution in [0, 0.1) is 0 Å². The van der Waals surface area contributed by atoms with E-state index in [1.165, 1.54) is 6.33 Å². The van der Waals surface area contributed by atoms with Crippen LogP contribution in [0.4, 0.5) is 5.69 Å². The van der Waals surface area contributed by atoms with Gasteiger partial charge in [0.1, 0.15) is 37.3 Å². The number of halogens is 1. The molecule has 0 unspecified atom stereocenters. The third-order valence-corrected chi connectivity index (χ3v) is 4.55. The lowest BCUT2D eigenvalue weighted by molar-refractivity contribution is -0.105. The SMILES string of the molecule is COCCOc1cc2ncnc(Oc3ccc(NC=O)cc3Cl)c2c2c1OCCO2. The molecule has 0 spiro atoms. The highest BCUT2D eigenvalue weighted by molar-refractivity contribution is 6.32. The van der Waals surface area contributed by atoms with Crippen molar-refractivity contribution in [3.8, 4) is 28.9 Å². The molecule has 10 heteroatoms. The molecule has 2 heterocycles. The van der Waals surface area contributed by atoms with Gasteiger partial charge in [0.15, 0.2) is 11.5 Å². The average molecular weight is 432 g/mol. The summed E-state index contributed by atoms with van der Waals surface area (Å²) in [5.74, 6) is 2.02. The summed E-state index contributed by atoms with van der Waals surface area (Å²) < 4.78 is 28.4. The van der Waals surface area contributed by atoms with Gasteiger partial charge < -0.3 is 29.0 Å². The smallest absolute Gasteiger partial charge is 0.234 e. The van der Waals surface area contributed by atoms with Gasteiger partial charge in [-0.25, -0.2) is 9.97 Å². The number of anilines is 1. The van der Waals surface area contributed by atoms with Crippen molar-refractivity contribution in [2.75, 3.05) is 38.9 Å². The van der Waals surface area contributed by atoms with Crippen molar-refractivity contribution in [2.45, 2.75) is 0 Å². The van der Waals surface area contributed by atoms with Crippen LogP contribution in [0.2, 0.25) is 5.02 Å². The third kappa shape index (κ3) is 4.03. The number of ether oxygens (including phenoxy) is 5. The zero-order chi connectivity index (χ0) is 20.9. The molecule has 3 aromatic rings. The molecule has 1 aliphatic heterocycles. The summed E-state index contributed by atoms with van der Waals surface area (Å²) in [4.78, 5) is 19.2. The Balaban J connectivity index is 1.75.